The van der Waals surface area contributed by atoms with Gasteiger partial charge in [-0.2, -0.15) is 0 Å². The van der Waals surface area contributed by atoms with Crippen molar-refractivity contribution in [1.29, 1.82) is 0 Å². The number of likely N-dealkylation sites (N-methyl/N-ethyl adjacent to an activating group) is 1. The molecule has 2 amide bonds. The van der Waals surface area contributed by atoms with Gasteiger partial charge in [0, 0.05) is 31.1 Å². The molecule has 0 saturated heterocycles. The number of Topliss-reactive ketones (excluding diaryl/α,β-unsaturated/α-hetero) is 1. The average Bonchev–Trinajstić information content (AvgIpc) is 2.70. The normalized spacial score (nSPS) is 15.3. The number of amides is 2. The van der Waals surface area contributed by atoms with Crippen LogP contribution in [0.25, 0.3) is 0 Å². The number of carboxylic acid groups (broad SMARTS) is 1. The molecule has 0 radical (unpaired) electrons. The first-order valence-electron chi connectivity index (χ1n) is 9.01. The van der Waals surface area contributed by atoms with Crippen LogP contribution in [-0.2, 0) is 9.59 Å². The molecule has 0 bridgehead atoms. The molecule has 8 heteroatoms. The molecule has 2 aromatic rings. The van der Waals surface area contributed by atoms with E-state index >= 15 is 0 Å². The standard InChI is InChI=1S/C21H20N2O6/c1-12-20(26)23(2)16-11-14(5-9-18(16)29-12)17(24)8-10-19(25)22-15-6-3-13(4-7-15)21(27)28/h3-7,9,11-12H,8,10H2,1-2H3,(H,22,25)(H,27,28). The van der Waals surface area contributed by atoms with Crippen LogP contribution in [0.2, 0.25) is 0 Å². The van der Waals surface area contributed by atoms with Crippen molar-refractivity contribution in [1.82, 2.24) is 0 Å². The Bertz CT molecular complexity index is 983. The van der Waals surface area contributed by atoms with Crippen LogP contribution in [0.5, 0.6) is 5.75 Å². The van der Waals surface area contributed by atoms with E-state index in [4.69, 9.17) is 9.84 Å². The summed E-state index contributed by atoms with van der Waals surface area (Å²) in [4.78, 5) is 48.9. The van der Waals surface area contributed by atoms with Crippen LogP contribution in [0.4, 0.5) is 11.4 Å². The lowest BCUT2D eigenvalue weighted by atomic mass is 10.0. The Labute approximate surface area is 167 Å². The van der Waals surface area contributed by atoms with Gasteiger partial charge in [0.05, 0.1) is 11.3 Å². The van der Waals surface area contributed by atoms with Crippen LogP contribution in [0, 0.1) is 0 Å². The number of ketones is 1. The molecule has 0 aliphatic carbocycles. The van der Waals surface area contributed by atoms with Crippen molar-refractivity contribution in [3.8, 4) is 5.75 Å². The average molecular weight is 396 g/mol. The molecule has 1 atom stereocenters. The minimum atomic E-state index is -1.05. The zero-order valence-corrected chi connectivity index (χ0v) is 16.0. The smallest absolute Gasteiger partial charge is 0.335 e. The monoisotopic (exact) mass is 396 g/mol. The second-order valence-corrected chi connectivity index (χ2v) is 6.69. The van der Waals surface area contributed by atoms with Crippen LogP contribution in [-0.4, -0.2) is 41.8 Å². The second-order valence-electron chi connectivity index (χ2n) is 6.69. The molecular weight excluding hydrogens is 376 g/mol. The van der Waals surface area contributed by atoms with E-state index in [1.165, 1.54) is 29.2 Å². The maximum absolute atomic E-state index is 12.5. The Balaban J connectivity index is 1.60. The summed E-state index contributed by atoms with van der Waals surface area (Å²) in [5.74, 6) is -1.31. The summed E-state index contributed by atoms with van der Waals surface area (Å²) >= 11 is 0. The molecule has 29 heavy (non-hydrogen) atoms. The van der Waals surface area contributed by atoms with E-state index in [2.05, 4.69) is 5.32 Å². The maximum atomic E-state index is 12.5. The number of aromatic carboxylic acids is 1. The summed E-state index contributed by atoms with van der Waals surface area (Å²) in [7, 11) is 1.62. The molecule has 0 saturated carbocycles. The number of fused-ring (bicyclic) bond motifs is 1. The minimum absolute atomic E-state index is 0.00719. The third-order valence-electron chi connectivity index (χ3n) is 4.62. The Morgan fingerprint density at radius 1 is 1.07 bits per heavy atom. The Kier molecular flexibility index (Phi) is 5.63. The number of ether oxygens (including phenoxy) is 1. The zero-order chi connectivity index (χ0) is 21.1. The predicted molar refractivity (Wildman–Crippen MR) is 106 cm³/mol. The molecule has 150 valence electrons. The molecule has 8 nitrogen and oxygen atoms in total. The highest BCUT2D eigenvalue weighted by molar-refractivity contribution is 6.04. The van der Waals surface area contributed by atoms with Gasteiger partial charge in [0.15, 0.2) is 11.9 Å². The number of rotatable bonds is 6. The van der Waals surface area contributed by atoms with Crippen molar-refractivity contribution in [3.63, 3.8) is 0 Å². The van der Waals surface area contributed by atoms with Crippen LogP contribution in [0.1, 0.15) is 40.5 Å². The minimum Gasteiger partial charge on any atom is -0.479 e. The molecule has 1 heterocycles. The van der Waals surface area contributed by atoms with E-state index in [9.17, 15) is 19.2 Å². The lowest BCUT2D eigenvalue weighted by molar-refractivity contribution is -0.125. The first kappa shape index (κ1) is 20.1. The summed E-state index contributed by atoms with van der Waals surface area (Å²) in [6, 6.07) is 10.6. The van der Waals surface area contributed by atoms with Gasteiger partial charge in [0.1, 0.15) is 5.75 Å². The van der Waals surface area contributed by atoms with E-state index in [-0.39, 0.29) is 36.0 Å². The summed E-state index contributed by atoms with van der Waals surface area (Å²) in [5, 5.41) is 11.5. The van der Waals surface area contributed by atoms with Gasteiger partial charge in [-0.05, 0) is 49.4 Å². The highest BCUT2D eigenvalue weighted by atomic mass is 16.5. The van der Waals surface area contributed by atoms with E-state index < -0.39 is 12.1 Å². The summed E-state index contributed by atoms with van der Waals surface area (Å²) < 4.78 is 5.53. The fraction of sp³-hybridized carbons (Fsp3) is 0.238. The van der Waals surface area contributed by atoms with Gasteiger partial charge < -0.3 is 20.1 Å². The van der Waals surface area contributed by atoms with Gasteiger partial charge in [-0.25, -0.2) is 4.79 Å². The van der Waals surface area contributed by atoms with E-state index in [0.29, 0.717) is 22.7 Å². The Morgan fingerprint density at radius 2 is 1.72 bits per heavy atom. The largest absolute Gasteiger partial charge is 0.479 e. The quantitative estimate of drug-likeness (QED) is 0.726. The molecule has 0 spiro atoms. The number of hydrogen-bond acceptors (Lipinski definition) is 5. The molecule has 3 rings (SSSR count). The molecule has 1 aliphatic heterocycles. The van der Waals surface area contributed by atoms with E-state index in [0.717, 1.165) is 0 Å². The third-order valence-corrected chi connectivity index (χ3v) is 4.62. The van der Waals surface area contributed by atoms with Crippen LogP contribution in [0.3, 0.4) is 0 Å². The summed E-state index contributed by atoms with van der Waals surface area (Å²) in [6.07, 6.45) is -0.617. The molecule has 1 aliphatic rings. The van der Waals surface area contributed by atoms with E-state index in [1.54, 1.807) is 32.2 Å². The van der Waals surface area contributed by atoms with Crippen molar-refractivity contribution in [2.75, 3.05) is 17.3 Å². The predicted octanol–water partition coefficient (Wildman–Crippen LogP) is 2.73. The number of carboxylic acids is 1. The van der Waals surface area contributed by atoms with Crippen molar-refractivity contribution >= 4 is 34.9 Å². The van der Waals surface area contributed by atoms with Gasteiger partial charge in [0.25, 0.3) is 5.91 Å². The molecular formula is C21H20N2O6. The van der Waals surface area contributed by atoms with Crippen molar-refractivity contribution < 1.29 is 29.0 Å². The van der Waals surface area contributed by atoms with Gasteiger partial charge in [-0.15, -0.1) is 0 Å². The number of carbonyl (C=O) groups excluding carboxylic acids is 3. The van der Waals surface area contributed by atoms with Gasteiger partial charge >= 0.3 is 5.97 Å². The highest BCUT2D eigenvalue weighted by Gasteiger charge is 2.29. The summed E-state index contributed by atoms with van der Waals surface area (Å²) in [6.45, 7) is 1.66. The van der Waals surface area contributed by atoms with Crippen molar-refractivity contribution in [3.05, 3.63) is 53.6 Å². The Hall–Kier alpha value is -3.68. The first-order valence-corrected chi connectivity index (χ1v) is 9.01. The number of nitrogens with zero attached hydrogens (tertiary/aromatic N) is 1. The van der Waals surface area contributed by atoms with Crippen molar-refractivity contribution in [2.45, 2.75) is 25.9 Å². The van der Waals surface area contributed by atoms with Gasteiger partial charge in [-0.3, -0.25) is 14.4 Å². The number of anilines is 2. The highest BCUT2D eigenvalue weighted by Crippen LogP contribution is 2.34. The second kappa shape index (κ2) is 8.14. The topological polar surface area (TPSA) is 113 Å². The lowest BCUT2D eigenvalue weighted by Gasteiger charge is -2.30. The number of benzene rings is 2. The fourth-order valence-electron chi connectivity index (χ4n) is 2.98. The third kappa shape index (κ3) is 4.43. The first-order chi connectivity index (χ1) is 13.8. The van der Waals surface area contributed by atoms with Gasteiger partial charge in [0.2, 0.25) is 5.91 Å². The molecule has 2 aromatic carbocycles. The number of nitrogens with one attached hydrogen (secondary N) is 1. The SMILES string of the molecule is CC1Oc2ccc(C(=O)CCC(=O)Nc3ccc(C(=O)O)cc3)cc2N(C)C1=O. The fourth-order valence-corrected chi connectivity index (χ4v) is 2.98. The number of hydrogen-bond donors (Lipinski definition) is 2. The molecule has 0 fully saturated rings. The lowest BCUT2D eigenvalue weighted by Crippen LogP contribution is -2.42. The molecule has 0 aromatic heterocycles. The van der Waals surface area contributed by atoms with Crippen LogP contribution < -0.4 is 15.0 Å². The van der Waals surface area contributed by atoms with Crippen molar-refractivity contribution in [2.24, 2.45) is 0 Å². The summed E-state index contributed by atoms with van der Waals surface area (Å²) in [5.41, 5.74) is 1.47. The molecule has 1 unspecified atom stereocenters. The van der Waals surface area contributed by atoms with Crippen LogP contribution in [0.15, 0.2) is 42.5 Å². The number of carbonyl (C=O) groups is 4. The maximum Gasteiger partial charge on any atom is 0.335 e. The molecule has 2 N–H and O–H groups in total. The zero-order valence-electron chi connectivity index (χ0n) is 16.0. The Morgan fingerprint density at radius 3 is 2.38 bits per heavy atom. The van der Waals surface area contributed by atoms with Gasteiger partial charge in [-0.1, -0.05) is 0 Å². The van der Waals surface area contributed by atoms with E-state index in [1.807, 2.05) is 0 Å². The van der Waals surface area contributed by atoms with Crippen LogP contribution >= 0.6 is 0 Å².